The van der Waals surface area contributed by atoms with E-state index < -0.39 is 0 Å². The first-order valence-corrected chi connectivity index (χ1v) is 4.06. The fourth-order valence-electron chi connectivity index (χ4n) is 1.41. The molecule has 1 heteroatoms. The van der Waals surface area contributed by atoms with E-state index in [1.165, 1.54) is 19.3 Å². The highest BCUT2D eigenvalue weighted by Crippen LogP contribution is 2.14. The van der Waals surface area contributed by atoms with Gasteiger partial charge in [0.2, 0.25) is 0 Å². The highest BCUT2D eigenvalue weighted by molar-refractivity contribution is 4.97. The third-order valence-corrected chi connectivity index (χ3v) is 2.25. The SMILES string of the molecule is C#C[C@@H]1CC[C@@H](CC)NC1. The maximum absolute atomic E-state index is 5.30. The summed E-state index contributed by atoms with van der Waals surface area (Å²) in [6.45, 7) is 3.24. The Hall–Kier alpha value is -0.480. The quantitative estimate of drug-likeness (QED) is 0.539. The van der Waals surface area contributed by atoms with E-state index in [0.717, 1.165) is 12.6 Å². The molecule has 0 aromatic carbocycles. The molecule has 10 heavy (non-hydrogen) atoms. The second-order valence-corrected chi connectivity index (χ2v) is 2.95. The summed E-state index contributed by atoms with van der Waals surface area (Å²) >= 11 is 0. The van der Waals surface area contributed by atoms with Crippen LogP contribution in [-0.4, -0.2) is 12.6 Å². The van der Waals surface area contributed by atoms with Crippen LogP contribution in [-0.2, 0) is 0 Å². The minimum atomic E-state index is 0.489. The number of piperidine rings is 1. The first-order valence-electron chi connectivity index (χ1n) is 4.06. The zero-order chi connectivity index (χ0) is 7.40. The van der Waals surface area contributed by atoms with E-state index in [-0.39, 0.29) is 0 Å². The molecule has 2 atom stereocenters. The first-order chi connectivity index (χ1) is 4.86. The second-order valence-electron chi connectivity index (χ2n) is 2.95. The van der Waals surface area contributed by atoms with E-state index in [0.29, 0.717) is 5.92 Å². The van der Waals surface area contributed by atoms with E-state index in [1.54, 1.807) is 0 Å². The molecule has 1 saturated heterocycles. The van der Waals surface area contributed by atoms with Gasteiger partial charge in [0.05, 0.1) is 0 Å². The maximum atomic E-state index is 5.30. The number of rotatable bonds is 1. The van der Waals surface area contributed by atoms with E-state index >= 15 is 0 Å². The van der Waals surface area contributed by atoms with Crippen LogP contribution in [0.2, 0.25) is 0 Å². The van der Waals surface area contributed by atoms with Crippen LogP contribution in [0.3, 0.4) is 0 Å². The fraction of sp³-hybridized carbons (Fsp3) is 0.778. The van der Waals surface area contributed by atoms with E-state index in [9.17, 15) is 0 Å². The van der Waals surface area contributed by atoms with Crippen molar-refractivity contribution in [1.29, 1.82) is 0 Å². The molecule has 1 aliphatic heterocycles. The van der Waals surface area contributed by atoms with Crippen molar-refractivity contribution in [3.63, 3.8) is 0 Å². The number of hydrogen-bond donors (Lipinski definition) is 1. The lowest BCUT2D eigenvalue weighted by atomic mass is 9.94. The maximum Gasteiger partial charge on any atom is 0.0325 e. The van der Waals surface area contributed by atoms with Gasteiger partial charge in [-0.25, -0.2) is 0 Å². The van der Waals surface area contributed by atoms with Crippen molar-refractivity contribution in [3.8, 4) is 12.3 Å². The predicted molar refractivity (Wildman–Crippen MR) is 43.6 cm³/mol. The van der Waals surface area contributed by atoms with Gasteiger partial charge in [-0.3, -0.25) is 0 Å². The Bertz CT molecular complexity index is 126. The molecular formula is C9H15N. The van der Waals surface area contributed by atoms with Crippen molar-refractivity contribution < 1.29 is 0 Å². The van der Waals surface area contributed by atoms with Gasteiger partial charge < -0.3 is 5.32 Å². The molecule has 1 fully saturated rings. The lowest BCUT2D eigenvalue weighted by Gasteiger charge is -2.25. The zero-order valence-electron chi connectivity index (χ0n) is 6.56. The number of hydrogen-bond acceptors (Lipinski definition) is 1. The van der Waals surface area contributed by atoms with Crippen molar-refractivity contribution in [2.75, 3.05) is 6.54 Å². The Balaban J connectivity index is 2.25. The smallest absolute Gasteiger partial charge is 0.0325 e. The Labute approximate surface area is 63.2 Å². The summed E-state index contributed by atoms with van der Waals surface area (Å²) in [5.41, 5.74) is 0. The molecule has 0 bridgehead atoms. The highest BCUT2D eigenvalue weighted by Gasteiger charge is 2.16. The molecule has 1 aliphatic rings. The molecule has 0 amide bonds. The summed E-state index contributed by atoms with van der Waals surface area (Å²) in [5, 5.41) is 3.43. The van der Waals surface area contributed by atoms with Crippen molar-refractivity contribution >= 4 is 0 Å². The summed E-state index contributed by atoms with van der Waals surface area (Å²) in [6, 6.07) is 0.726. The summed E-state index contributed by atoms with van der Waals surface area (Å²) in [7, 11) is 0. The summed E-state index contributed by atoms with van der Waals surface area (Å²) in [6.07, 6.45) is 9.00. The number of terminal acetylenes is 1. The molecule has 0 saturated carbocycles. The van der Waals surface area contributed by atoms with Crippen LogP contribution in [0.1, 0.15) is 26.2 Å². The molecular weight excluding hydrogens is 122 g/mol. The van der Waals surface area contributed by atoms with Crippen LogP contribution in [0.5, 0.6) is 0 Å². The van der Waals surface area contributed by atoms with Crippen molar-refractivity contribution in [1.82, 2.24) is 5.32 Å². The molecule has 1 nitrogen and oxygen atoms in total. The van der Waals surface area contributed by atoms with Crippen LogP contribution in [0.25, 0.3) is 0 Å². The molecule has 56 valence electrons. The van der Waals surface area contributed by atoms with Crippen LogP contribution in [0.4, 0.5) is 0 Å². The van der Waals surface area contributed by atoms with Gasteiger partial charge in [-0.15, -0.1) is 12.3 Å². The van der Waals surface area contributed by atoms with E-state index in [1.807, 2.05) is 0 Å². The Morgan fingerprint density at radius 2 is 2.40 bits per heavy atom. The van der Waals surface area contributed by atoms with Crippen molar-refractivity contribution in [2.24, 2.45) is 5.92 Å². The summed E-state index contributed by atoms with van der Waals surface area (Å²) in [4.78, 5) is 0. The third kappa shape index (κ3) is 1.75. The average Bonchev–Trinajstić information content (AvgIpc) is 2.05. The van der Waals surface area contributed by atoms with Gasteiger partial charge in [0.25, 0.3) is 0 Å². The third-order valence-electron chi connectivity index (χ3n) is 2.25. The second kappa shape index (κ2) is 3.63. The van der Waals surface area contributed by atoms with Crippen LogP contribution in [0.15, 0.2) is 0 Å². The Morgan fingerprint density at radius 1 is 1.60 bits per heavy atom. The predicted octanol–water partition coefficient (Wildman–Crippen LogP) is 1.40. The van der Waals surface area contributed by atoms with Gasteiger partial charge in [-0.05, 0) is 19.3 Å². The molecule has 1 heterocycles. The zero-order valence-corrected chi connectivity index (χ0v) is 6.56. The number of nitrogens with one attached hydrogen (secondary N) is 1. The van der Waals surface area contributed by atoms with E-state index in [4.69, 9.17) is 6.42 Å². The largest absolute Gasteiger partial charge is 0.313 e. The summed E-state index contributed by atoms with van der Waals surface area (Å²) in [5.74, 6) is 3.27. The molecule has 1 N–H and O–H groups in total. The molecule has 0 radical (unpaired) electrons. The normalized spacial score (nSPS) is 33.2. The van der Waals surface area contributed by atoms with Gasteiger partial charge >= 0.3 is 0 Å². The van der Waals surface area contributed by atoms with Crippen LogP contribution in [0, 0.1) is 18.3 Å². The molecule has 0 spiro atoms. The van der Waals surface area contributed by atoms with Gasteiger partial charge in [0, 0.05) is 18.5 Å². The fourth-order valence-corrected chi connectivity index (χ4v) is 1.41. The molecule has 0 unspecified atom stereocenters. The lowest BCUT2D eigenvalue weighted by Crippen LogP contribution is -2.37. The van der Waals surface area contributed by atoms with Crippen LogP contribution >= 0.6 is 0 Å². The van der Waals surface area contributed by atoms with Gasteiger partial charge in [-0.2, -0.15) is 0 Å². The molecule has 0 aliphatic carbocycles. The van der Waals surface area contributed by atoms with Gasteiger partial charge in [0.1, 0.15) is 0 Å². The Morgan fingerprint density at radius 3 is 2.80 bits per heavy atom. The Kier molecular flexibility index (Phi) is 2.77. The molecule has 0 aromatic heterocycles. The monoisotopic (exact) mass is 137 g/mol. The summed E-state index contributed by atoms with van der Waals surface area (Å²) < 4.78 is 0. The average molecular weight is 137 g/mol. The standard InChI is InChI=1S/C9H15N/c1-3-8-5-6-9(4-2)10-7-8/h1,8-10H,4-7H2,2H3/t8-,9-/m1/s1. The first kappa shape index (κ1) is 7.63. The molecule has 0 aromatic rings. The minimum absolute atomic E-state index is 0.489. The van der Waals surface area contributed by atoms with Crippen molar-refractivity contribution in [3.05, 3.63) is 0 Å². The molecule has 1 rings (SSSR count). The highest BCUT2D eigenvalue weighted by atomic mass is 14.9. The lowest BCUT2D eigenvalue weighted by molar-refractivity contribution is 0.350. The minimum Gasteiger partial charge on any atom is -0.313 e. The van der Waals surface area contributed by atoms with Gasteiger partial charge in [0.15, 0.2) is 0 Å². The van der Waals surface area contributed by atoms with Crippen LogP contribution < -0.4 is 5.32 Å². The van der Waals surface area contributed by atoms with E-state index in [2.05, 4.69) is 18.2 Å². The topological polar surface area (TPSA) is 12.0 Å². The van der Waals surface area contributed by atoms with Gasteiger partial charge in [-0.1, -0.05) is 6.92 Å². The van der Waals surface area contributed by atoms with Crippen molar-refractivity contribution in [2.45, 2.75) is 32.2 Å².